The molecule has 0 aliphatic rings. The van der Waals surface area contributed by atoms with E-state index in [4.69, 9.17) is 23.2 Å². The van der Waals surface area contributed by atoms with Gasteiger partial charge < -0.3 is 5.32 Å². The summed E-state index contributed by atoms with van der Waals surface area (Å²) in [4.78, 5) is 1.23. The molecule has 106 valence electrons. The summed E-state index contributed by atoms with van der Waals surface area (Å²) in [7, 11) is 0. The van der Waals surface area contributed by atoms with E-state index in [0.717, 1.165) is 22.3 Å². The van der Waals surface area contributed by atoms with Crippen molar-refractivity contribution in [2.24, 2.45) is 0 Å². The van der Waals surface area contributed by atoms with Crippen LogP contribution in [0.3, 0.4) is 0 Å². The second-order valence-corrected chi connectivity index (χ2v) is 6.39. The monoisotopic (exact) mass is 325 g/mol. The molecule has 1 nitrogen and oxygen atoms in total. The zero-order chi connectivity index (χ0) is 14.4. The highest BCUT2D eigenvalue weighted by molar-refractivity contribution is 7.99. The van der Waals surface area contributed by atoms with Crippen molar-refractivity contribution in [1.82, 2.24) is 5.32 Å². The van der Waals surface area contributed by atoms with E-state index in [2.05, 4.69) is 36.5 Å². The third-order valence-electron chi connectivity index (χ3n) is 2.95. The molecular formula is C16H17Cl2NS. The van der Waals surface area contributed by atoms with Gasteiger partial charge in [0.2, 0.25) is 0 Å². The summed E-state index contributed by atoms with van der Waals surface area (Å²) in [6.07, 6.45) is 0. The van der Waals surface area contributed by atoms with Gasteiger partial charge in [-0.25, -0.2) is 0 Å². The first-order valence-corrected chi connectivity index (χ1v) is 8.30. The molecule has 0 radical (unpaired) electrons. The molecule has 1 unspecified atom stereocenters. The Kier molecular flexibility index (Phi) is 6.24. The van der Waals surface area contributed by atoms with Gasteiger partial charge in [0.15, 0.2) is 0 Å². The van der Waals surface area contributed by atoms with Crippen molar-refractivity contribution < 1.29 is 0 Å². The van der Waals surface area contributed by atoms with Crippen LogP contribution in [-0.2, 0) is 0 Å². The van der Waals surface area contributed by atoms with Gasteiger partial charge in [0.1, 0.15) is 0 Å². The van der Waals surface area contributed by atoms with Crippen LogP contribution in [0.2, 0.25) is 10.0 Å². The van der Waals surface area contributed by atoms with Crippen LogP contribution in [0.15, 0.2) is 53.4 Å². The van der Waals surface area contributed by atoms with Crippen LogP contribution in [0.4, 0.5) is 0 Å². The second-order valence-electron chi connectivity index (χ2n) is 4.43. The number of benzene rings is 2. The maximum absolute atomic E-state index is 5.94. The number of hydrogen-bond acceptors (Lipinski definition) is 2. The van der Waals surface area contributed by atoms with E-state index in [9.17, 15) is 0 Å². The number of rotatable bonds is 6. The Morgan fingerprint density at radius 3 is 2.05 bits per heavy atom. The standard InChI is InChI=1S/C16H17Cl2NS/c1-2-19-16(12-3-5-13(17)6-4-12)11-20-15-9-7-14(18)8-10-15/h3-10,16,19H,2,11H2,1H3. The molecular weight excluding hydrogens is 309 g/mol. The molecule has 20 heavy (non-hydrogen) atoms. The molecule has 1 atom stereocenters. The van der Waals surface area contributed by atoms with Crippen LogP contribution in [-0.4, -0.2) is 12.3 Å². The molecule has 0 bridgehead atoms. The molecule has 0 aliphatic heterocycles. The third kappa shape index (κ3) is 4.71. The molecule has 0 aromatic heterocycles. The topological polar surface area (TPSA) is 12.0 Å². The van der Waals surface area contributed by atoms with E-state index in [0.29, 0.717) is 6.04 Å². The Labute approximate surface area is 134 Å². The fraction of sp³-hybridized carbons (Fsp3) is 0.250. The highest BCUT2D eigenvalue weighted by atomic mass is 35.5. The summed E-state index contributed by atoms with van der Waals surface area (Å²) >= 11 is 13.7. The molecule has 0 aliphatic carbocycles. The van der Waals surface area contributed by atoms with Gasteiger partial charge in [-0.3, -0.25) is 0 Å². The van der Waals surface area contributed by atoms with Crippen molar-refractivity contribution in [3.8, 4) is 0 Å². The van der Waals surface area contributed by atoms with Crippen LogP contribution in [0.25, 0.3) is 0 Å². The SMILES string of the molecule is CCNC(CSc1ccc(Cl)cc1)c1ccc(Cl)cc1. The smallest absolute Gasteiger partial charge is 0.0415 e. The van der Waals surface area contributed by atoms with Crippen molar-refractivity contribution >= 4 is 35.0 Å². The number of halogens is 2. The van der Waals surface area contributed by atoms with Gasteiger partial charge in [-0.05, 0) is 48.5 Å². The van der Waals surface area contributed by atoms with E-state index in [-0.39, 0.29) is 0 Å². The fourth-order valence-electron chi connectivity index (χ4n) is 1.92. The first-order valence-electron chi connectivity index (χ1n) is 6.56. The van der Waals surface area contributed by atoms with E-state index in [1.807, 2.05) is 36.0 Å². The quantitative estimate of drug-likeness (QED) is 0.710. The van der Waals surface area contributed by atoms with E-state index < -0.39 is 0 Å². The summed E-state index contributed by atoms with van der Waals surface area (Å²) in [5.41, 5.74) is 1.26. The Morgan fingerprint density at radius 2 is 1.50 bits per heavy atom. The molecule has 0 amide bonds. The van der Waals surface area contributed by atoms with E-state index in [1.54, 1.807) is 0 Å². The molecule has 2 aromatic rings. The minimum Gasteiger partial charge on any atom is -0.309 e. The summed E-state index contributed by atoms with van der Waals surface area (Å²) in [5.74, 6) is 0.969. The fourth-order valence-corrected chi connectivity index (χ4v) is 3.17. The molecule has 2 rings (SSSR count). The van der Waals surface area contributed by atoms with Gasteiger partial charge in [-0.15, -0.1) is 11.8 Å². The van der Waals surface area contributed by atoms with E-state index in [1.165, 1.54) is 10.5 Å². The molecule has 4 heteroatoms. The lowest BCUT2D eigenvalue weighted by Crippen LogP contribution is -2.22. The second kappa shape index (κ2) is 7.94. The van der Waals surface area contributed by atoms with Crippen molar-refractivity contribution in [3.63, 3.8) is 0 Å². The van der Waals surface area contributed by atoms with Crippen molar-refractivity contribution in [2.75, 3.05) is 12.3 Å². The van der Waals surface area contributed by atoms with E-state index >= 15 is 0 Å². The maximum Gasteiger partial charge on any atom is 0.0415 e. The minimum absolute atomic E-state index is 0.318. The predicted octanol–water partition coefficient (Wildman–Crippen LogP) is 5.44. The van der Waals surface area contributed by atoms with Crippen LogP contribution in [0, 0.1) is 0 Å². The first-order chi connectivity index (χ1) is 9.69. The van der Waals surface area contributed by atoms with Gasteiger partial charge in [0.05, 0.1) is 0 Å². The Balaban J connectivity index is 2.02. The average molecular weight is 326 g/mol. The first kappa shape index (κ1) is 15.7. The normalized spacial score (nSPS) is 12.3. The summed E-state index contributed by atoms with van der Waals surface area (Å²) in [6, 6.07) is 16.3. The molecule has 2 aromatic carbocycles. The lowest BCUT2D eigenvalue weighted by atomic mass is 10.1. The third-order valence-corrected chi connectivity index (χ3v) is 4.56. The molecule has 0 saturated carbocycles. The molecule has 0 spiro atoms. The zero-order valence-corrected chi connectivity index (χ0v) is 13.6. The van der Waals surface area contributed by atoms with Crippen LogP contribution in [0.5, 0.6) is 0 Å². The van der Waals surface area contributed by atoms with Crippen LogP contribution < -0.4 is 5.32 Å². The number of nitrogens with one attached hydrogen (secondary N) is 1. The largest absolute Gasteiger partial charge is 0.309 e. The highest BCUT2D eigenvalue weighted by Crippen LogP contribution is 2.26. The van der Waals surface area contributed by atoms with Crippen molar-refractivity contribution in [3.05, 3.63) is 64.1 Å². The number of hydrogen-bond donors (Lipinski definition) is 1. The summed E-state index contributed by atoms with van der Waals surface area (Å²) in [5, 5.41) is 5.06. The van der Waals surface area contributed by atoms with Gasteiger partial charge in [-0.2, -0.15) is 0 Å². The molecule has 1 N–H and O–H groups in total. The number of thioether (sulfide) groups is 1. The lowest BCUT2D eigenvalue weighted by Gasteiger charge is -2.18. The summed E-state index contributed by atoms with van der Waals surface area (Å²) < 4.78 is 0. The molecule has 0 fully saturated rings. The van der Waals surface area contributed by atoms with Crippen LogP contribution in [0.1, 0.15) is 18.5 Å². The Morgan fingerprint density at radius 1 is 0.950 bits per heavy atom. The van der Waals surface area contributed by atoms with Gasteiger partial charge in [0, 0.05) is 26.7 Å². The summed E-state index contributed by atoms with van der Waals surface area (Å²) in [6.45, 7) is 3.06. The maximum atomic E-state index is 5.94. The molecule has 0 saturated heterocycles. The van der Waals surface area contributed by atoms with Gasteiger partial charge in [0.25, 0.3) is 0 Å². The van der Waals surface area contributed by atoms with Crippen LogP contribution >= 0.6 is 35.0 Å². The molecule has 0 heterocycles. The lowest BCUT2D eigenvalue weighted by molar-refractivity contribution is 0.606. The minimum atomic E-state index is 0.318. The Hall–Kier alpha value is -0.670. The zero-order valence-electron chi connectivity index (χ0n) is 11.3. The van der Waals surface area contributed by atoms with Gasteiger partial charge >= 0.3 is 0 Å². The van der Waals surface area contributed by atoms with Gasteiger partial charge in [-0.1, -0.05) is 42.3 Å². The highest BCUT2D eigenvalue weighted by Gasteiger charge is 2.10. The Bertz CT molecular complexity index is 525. The van der Waals surface area contributed by atoms with Crippen molar-refractivity contribution in [2.45, 2.75) is 17.9 Å². The average Bonchev–Trinajstić information content (AvgIpc) is 2.46. The van der Waals surface area contributed by atoms with Crippen molar-refractivity contribution in [1.29, 1.82) is 0 Å². The predicted molar refractivity (Wildman–Crippen MR) is 90.0 cm³/mol.